The van der Waals surface area contributed by atoms with Gasteiger partial charge in [0.05, 0.1) is 24.4 Å². The summed E-state index contributed by atoms with van der Waals surface area (Å²) < 4.78 is 0. The highest BCUT2D eigenvalue weighted by Crippen LogP contribution is 2.20. The summed E-state index contributed by atoms with van der Waals surface area (Å²) >= 11 is 1.35. The van der Waals surface area contributed by atoms with Gasteiger partial charge in [-0.15, -0.1) is 11.3 Å². The molecule has 1 atom stereocenters. The minimum atomic E-state index is 0.00375. The fourth-order valence-corrected chi connectivity index (χ4v) is 2.33. The number of hydrogen-bond acceptors (Lipinski definition) is 4. The molecule has 0 saturated carbocycles. The first-order valence-electron chi connectivity index (χ1n) is 4.63. The third kappa shape index (κ3) is 1.65. The number of hydrogen-bond donors (Lipinski definition) is 1. The number of nitrogens with zero attached hydrogens (tertiary/aromatic N) is 2. The van der Waals surface area contributed by atoms with E-state index in [4.69, 9.17) is 5.11 Å². The van der Waals surface area contributed by atoms with Crippen molar-refractivity contribution in [2.75, 3.05) is 13.2 Å². The summed E-state index contributed by atoms with van der Waals surface area (Å²) in [5.74, 6) is 0.00375. The van der Waals surface area contributed by atoms with Crippen molar-refractivity contribution in [1.29, 1.82) is 0 Å². The van der Waals surface area contributed by atoms with Gasteiger partial charge in [0, 0.05) is 6.54 Å². The second kappa shape index (κ2) is 4.06. The fourth-order valence-electron chi connectivity index (χ4n) is 1.76. The van der Waals surface area contributed by atoms with Crippen molar-refractivity contribution in [3.63, 3.8) is 0 Å². The zero-order valence-corrected chi connectivity index (χ0v) is 8.54. The molecule has 5 heteroatoms. The molecule has 1 aromatic heterocycles. The van der Waals surface area contributed by atoms with Crippen molar-refractivity contribution in [1.82, 2.24) is 9.88 Å². The Kier molecular flexibility index (Phi) is 2.79. The van der Waals surface area contributed by atoms with Crippen molar-refractivity contribution >= 4 is 17.2 Å². The Morgan fingerprint density at radius 3 is 3.29 bits per heavy atom. The number of aliphatic hydroxyl groups is 1. The summed E-state index contributed by atoms with van der Waals surface area (Å²) in [6.07, 6.45) is 3.47. The summed E-state index contributed by atoms with van der Waals surface area (Å²) in [7, 11) is 0. The lowest BCUT2D eigenvalue weighted by Gasteiger charge is -2.21. The van der Waals surface area contributed by atoms with Crippen molar-refractivity contribution in [2.45, 2.75) is 18.9 Å². The van der Waals surface area contributed by atoms with Gasteiger partial charge >= 0.3 is 0 Å². The van der Waals surface area contributed by atoms with Crippen LogP contribution in [-0.4, -0.2) is 40.1 Å². The SMILES string of the molecule is O=C(c1cncs1)N1CCCC1CO. The van der Waals surface area contributed by atoms with E-state index in [1.807, 2.05) is 0 Å². The Hall–Kier alpha value is -0.940. The van der Waals surface area contributed by atoms with Gasteiger partial charge in [-0.05, 0) is 12.8 Å². The summed E-state index contributed by atoms with van der Waals surface area (Å²) in [5.41, 5.74) is 1.65. The molecule has 4 nitrogen and oxygen atoms in total. The van der Waals surface area contributed by atoms with Crippen LogP contribution in [-0.2, 0) is 0 Å². The molecule has 0 aromatic carbocycles. The lowest BCUT2D eigenvalue weighted by atomic mass is 10.2. The maximum Gasteiger partial charge on any atom is 0.265 e. The number of amides is 1. The normalized spacial score (nSPS) is 21.5. The lowest BCUT2D eigenvalue weighted by molar-refractivity contribution is 0.0682. The van der Waals surface area contributed by atoms with Crippen molar-refractivity contribution in [3.8, 4) is 0 Å². The van der Waals surface area contributed by atoms with Crippen molar-refractivity contribution in [2.24, 2.45) is 0 Å². The highest BCUT2D eigenvalue weighted by Gasteiger charge is 2.29. The minimum absolute atomic E-state index is 0.00375. The average molecular weight is 212 g/mol. The third-order valence-electron chi connectivity index (χ3n) is 2.49. The quantitative estimate of drug-likeness (QED) is 0.786. The number of aliphatic hydroxyl groups excluding tert-OH is 1. The van der Waals surface area contributed by atoms with E-state index in [0.29, 0.717) is 4.88 Å². The molecule has 1 saturated heterocycles. The van der Waals surface area contributed by atoms with E-state index in [-0.39, 0.29) is 18.6 Å². The van der Waals surface area contributed by atoms with Crippen molar-refractivity contribution < 1.29 is 9.90 Å². The Bertz CT molecular complexity index is 313. The highest BCUT2D eigenvalue weighted by atomic mass is 32.1. The zero-order chi connectivity index (χ0) is 9.97. The highest BCUT2D eigenvalue weighted by molar-refractivity contribution is 7.11. The van der Waals surface area contributed by atoms with Crippen LogP contribution in [0.2, 0.25) is 0 Å². The Labute approximate surface area is 86.2 Å². The molecule has 1 unspecified atom stereocenters. The maximum atomic E-state index is 11.9. The van der Waals surface area contributed by atoms with Crippen LogP contribution in [0.3, 0.4) is 0 Å². The van der Waals surface area contributed by atoms with E-state index in [1.165, 1.54) is 11.3 Å². The third-order valence-corrected chi connectivity index (χ3v) is 3.25. The summed E-state index contributed by atoms with van der Waals surface area (Å²) in [4.78, 5) is 18.1. The molecule has 0 radical (unpaired) electrons. The van der Waals surface area contributed by atoms with Crippen LogP contribution in [0.1, 0.15) is 22.5 Å². The predicted octanol–water partition coefficient (Wildman–Crippen LogP) is 0.740. The molecule has 76 valence electrons. The molecule has 0 bridgehead atoms. The molecule has 14 heavy (non-hydrogen) atoms. The molecule has 2 heterocycles. The second-order valence-corrected chi connectivity index (χ2v) is 4.23. The molecule has 1 amide bonds. The largest absolute Gasteiger partial charge is 0.394 e. The van der Waals surface area contributed by atoms with E-state index in [2.05, 4.69) is 4.98 Å². The molecule has 1 aromatic rings. The van der Waals surface area contributed by atoms with Crippen LogP contribution < -0.4 is 0 Å². The number of rotatable bonds is 2. The molecule has 0 aliphatic carbocycles. The minimum Gasteiger partial charge on any atom is -0.394 e. The fraction of sp³-hybridized carbons (Fsp3) is 0.556. The molecule has 0 spiro atoms. The van der Waals surface area contributed by atoms with Gasteiger partial charge in [0.1, 0.15) is 4.88 Å². The van der Waals surface area contributed by atoms with Crippen LogP contribution in [0.5, 0.6) is 0 Å². The topological polar surface area (TPSA) is 53.4 Å². The number of aromatic nitrogens is 1. The van der Waals surface area contributed by atoms with Gasteiger partial charge in [-0.3, -0.25) is 9.78 Å². The van der Waals surface area contributed by atoms with Gasteiger partial charge in [0.25, 0.3) is 5.91 Å². The van der Waals surface area contributed by atoms with Gasteiger partial charge in [-0.2, -0.15) is 0 Å². The summed E-state index contributed by atoms with van der Waals surface area (Å²) in [6, 6.07) is 0.00426. The first-order valence-corrected chi connectivity index (χ1v) is 5.51. The molecular weight excluding hydrogens is 200 g/mol. The predicted molar refractivity (Wildman–Crippen MR) is 53.3 cm³/mol. The Balaban J connectivity index is 2.11. The molecule has 1 N–H and O–H groups in total. The standard InChI is InChI=1S/C9H12N2O2S/c12-5-7-2-1-3-11(7)9(13)8-4-10-6-14-8/h4,6-7,12H,1-3,5H2. The molecular formula is C9H12N2O2S. The molecule has 1 fully saturated rings. The Morgan fingerprint density at radius 1 is 1.79 bits per heavy atom. The van der Waals surface area contributed by atoms with Crippen LogP contribution in [0.15, 0.2) is 11.7 Å². The number of carbonyl (C=O) groups excluding carboxylic acids is 1. The van der Waals surface area contributed by atoms with E-state index in [0.717, 1.165) is 19.4 Å². The van der Waals surface area contributed by atoms with Gasteiger partial charge in [0.2, 0.25) is 0 Å². The molecule has 1 aliphatic rings. The van der Waals surface area contributed by atoms with E-state index in [9.17, 15) is 4.79 Å². The number of thiazole rings is 1. The summed E-state index contributed by atoms with van der Waals surface area (Å²) in [6.45, 7) is 0.812. The van der Waals surface area contributed by atoms with Crippen LogP contribution in [0.25, 0.3) is 0 Å². The maximum absolute atomic E-state index is 11.9. The van der Waals surface area contributed by atoms with Gasteiger partial charge in [0.15, 0.2) is 0 Å². The van der Waals surface area contributed by atoms with Gasteiger partial charge < -0.3 is 10.0 Å². The first-order chi connectivity index (χ1) is 6.83. The molecule has 2 rings (SSSR count). The number of carbonyl (C=O) groups is 1. The van der Waals surface area contributed by atoms with Crippen molar-refractivity contribution in [3.05, 3.63) is 16.6 Å². The van der Waals surface area contributed by atoms with E-state index < -0.39 is 0 Å². The monoisotopic (exact) mass is 212 g/mol. The smallest absolute Gasteiger partial charge is 0.265 e. The van der Waals surface area contributed by atoms with Gasteiger partial charge in [-0.1, -0.05) is 0 Å². The van der Waals surface area contributed by atoms with Crippen LogP contribution >= 0.6 is 11.3 Å². The second-order valence-electron chi connectivity index (χ2n) is 3.34. The zero-order valence-electron chi connectivity index (χ0n) is 7.72. The average Bonchev–Trinajstić information content (AvgIpc) is 2.87. The van der Waals surface area contributed by atoms with Gasteiger partial charge in [-0.25, -0.2) is 0 Å². The van der Waals surface area contributed by atoms with E-state index in [1.54, 1.807) is 16.6 Å². The van der Waals surface area contributed by atoms with Crippen LogP contribution in [0, 0.1) is 0 Å². The Morgan fingerprint density at radius 2 is 2.64 bits per heavy atom. The lowest BCUT2D eigenvalue weighted by Crippen LogP contribution is -2.37. The first kappa shape index (κ1) is 9.61. The van der Waals surface area contributed by atoms with E-state index >= 15 is 0 Å². The molecule has 1 aliphatic heterocycles. The summed E-state index contributed by atoms with van der Waals surface area (Å²) in [5, 5.41) is 9.08. The van der Waals surface area contributed by atoms with Crippen LogP contribution in [0.4, 0.5) is 0 Å². The number of likely N-dealkylation sites (tertiary alicyclic amines) is 1.